The van der Waals surface area contributed by atoms with Crippen LogP contribution < -0.4 is 10.9 Å². The minimum Gasteiger partial charge on any atom is -0.506 e. The highest BCUT2D eigenvalue weighted by atomic mass is 16.3. The SMILES string of the molecule is CCc1c(C(=O)Nc2cc(C(C)(C)C)ccc2O)cnn1-c1ccc(=O)[nH]n1. The Morgan fingerprint density at radius 2 is 2.00 bits per heavy atom. The number of phenolic OH excluding ortho intramolecular Hbond substituents is 1. The van der Waals surface area contributed by atoms with Crippen LogP contribution in [-0.2, 0) is 11.8 Å². The Kier molecular flexibility index (Phi) is 5.04. The van der Waals surface area contributed by atoms with Gasteiger partial charge in [-0.15, -0.1) is 0 Å². The van der Waals surface area contributed by atoms with Crippen LogP contribution in [0.5, 0.6) is 5.75 Å². The number of phenols is 1. The number of nitrogens with one attached hydrogen (secondary N) is 2. The van der Waals surface area contributed by atoms with E-state index in [0.717, 1.165) is 5.56 Å². The first kappa shape index (κ1) is 19.3. The van der Waals surface area contributed by atoms with Gasteiger partial charge < -0.3 is 10.4 Å². The molecule has 3 N–H and O–H groups in total. The second kappa shape index (κ2) is 7.30. The number of H-pyrrole nitrogens is 1. The van der Waals surface area contributed by atoms with Crippen molar-refractivity contribution in [3.63, 3.8) is 0 Å². The normalized spacial score (nSPS) is 11.4. The summed E-state index contributed by atoms with van der Waals surface area (Å²) in [7, 11) is 0. The van der Waals surface area contributed by atoms with Gasteiger partial charge in [0.25, 0.3) is 11.5 Å². The molecule has 28 heavy (non-hydrogen) atoms. The molecule has 0 radical (unpaired) electrons. The molecule has 0 saturated carbocycles. The quantitative estimate of drug-likeness (QED) is 0.602. The third-order valence-electron chi connectivity index (χ3n) is 4.44. The zero-order chi connectivity index (χ0) is 20.5. The van der Waals surface area contributed by atoms with E-state index >= 15 is 0 Å². The van der Waals surface area contributed by atoms with Gasteiger partial charge in [0.1, 0.15) is 5.75 Å². The predicted octanol–water partition coefficient (Wildman–Crippen LogP) is 2.77. The molecule has 0 fully saturated rings. The van der Waals surface area contributed by atoms with Crippen molar-refractivity contribution >= 4 is 11.6 Å². The van der Waals surface area contributed by atoms with E-state index < -0.39 is 0 Å². The van der Waals surface area contributed by atoms with Crippen LogP contribution in [0.1, 0.15) is 49.3 Å². The maximum Gasteiger partial charge on any atom is 0.264 e. The average Bonchev–Trinajstić information content (AvgIpc) is 3.07. The van der Waals surface area contributed by atoms with Crippen LogP contribution in [0.15, 0.2) is 41.3 Å². The van der Waals surface area contributed by atoms with E-state index in [9.17, 15) is 14.7 Å². The van der Waals surface area contributed by atoms with Gasteiger partial charge in [-0.1, -0.05) is 33.8 Å². The van der Waals surface area contributed by atoms with Gasteiger partial charge in [0, 0.05) is 6.07 Å². The first-order valence-electron chi connectivity index (χ1n) is 8.98. The maximum atomic E-state index is 12.9. The Labute approximate surface area is 162 Å². The van der Waals surface area contributed by atoms with Gasteiger partial charge in [0.2, 0.25) is 0 Å². The van der Waals surface area contributed by atoms with Gasteiger partial charge >= 0.3 is 0 Å². The number of hydrogen-bond donors (Lipinski definition) is 3. The minimum atomic E-state index is -0.381. The Balaban J connectivity index is 1.94. The number of amides is 1. The summed E-state index contributed by atoms with van der Waals surface area (Å²) in [6.07, 6.45) is 1.98. The number of aromatic amines is 1. The average molecular weight is 381 g/mol. The van der Waals surface area contributed by atoms with Crippen molar-refractivity contribution in [2.24, 2.45) is 0 Å². The molecule has 8 nitrogen and oxygen atoms in total. The predicted molar refractivity (Wildman–Crippen MR) is 106 cm³/mol. The molecule has 0 saturated heterocycles. The highest BCUT2D eigenvalue weighted by Crippen LogP contribution is 2.31. The van der Waals surface area contributed by atoms with Crippen LogP contribution in [-0.4, -0.2) is 31.0 Å². The Bertz CT molecular complexity index is 1060. The summed E-state index contributed by atoms with van der Waals surface area (Å²) < 4.78 is 1.51. The molecule has 1 aromatic carbocycles. The summed E-state index contributed by atoms with van der Waals surface area (Å²) in [5.74, 6) is 0.0241. The van der Waals surface area contributed by atoms with E-state index in [-0.39, 0.29) is 22.6 Å². The van der Waals surface area contributed by atoms with Crippen molar-refractivity contribution in [1.29, 1.82) is 0 Å². The summed E-state index contributed by atoms with van der Waals surface area (Å²) in [6.45, 7) is 8.07. The fourth-order valence-electron chi connectivity index (χ4n) is 2.85. The lowest BCUT2D eigenvalue weighted by Gasteiger charge is -2.20. The van der Waals surface area contributed by atoms with Crippen LogP contribution in [0.25, 0.3) is 5.82 Å². The third kappa shape index (κ3) is 3.80. The Morgan fingerprint density at radius 1 is 1.25 bits per heavy atom. The number of aromatic hydroxyl groups is 1. The van der Waals surface area contributed by atoms with Crippen LogP contribution in [0.3, 0.4) is 0 Å². The van der Waals surface area contributed by atoms with E-state index in [2.05, 4.69) is 41.4 Å². The largest absolute Gasteiger partial charge is 0.506 e. The number of benzene rings is 1. The highest BCUT2D eigenvalue weighted by Gasteiger charge is 2.20. The molecule has 146 valence electrons. The van der Waals surface area contributed by atoms with Crippen LogP contribution in [0.2, 0.25) is 0 Å². The van der Waals surface area contributed by atoms with E-state index in [4.69, 9.17) is 0 Å². The van der Waals surface area contributed by atoms with Crippen molar-refractivity contribution < 1.29 is 9.90 Å². The Morgan fingerprint density at radius 3 is 2.61 bits per heavy atom. The topological polar surface area (TPSA) is 113 Å². The van der Waals surface area contributed by atoms with Gasteiger partial charge in [0.15, 0.2) is 5.82 Å². The summed E-state index contributed by atoms with van der Waals surface area (Å²) in [4.78, 5) is 24.1. The van der Waals surface area contributed by atoms with Gasteiger partial charge in [-0.25, -0.2) is 9.78 Å². The second-order valence-corrected chi connectivity index (χ2v) is 7.49. The van der Waals surface area contributed by atoms with Crippen molar-refractivity contribution in [1.82, 2.24) is 20.0 Å². The minimum absolute atomic E-state index is 0.00547. The molecule has 0 aliphatic heterocycles. The first-order valence-corrected chi connectivity index (χ1v) is 8.98. The third-order valence-corrected chi connectivity index (χ3v) is 4.44. The van der Waals surface area contributed by atoms with E-state index in [0.29, 0.717) is 29.2 Å². The van der Waals surface area contributed by atoms with Crippen molar-refractivity contribution in [3.8, 4) is 11.6 Å². The highest BCUT2D eigenvalue weighted by molar-refractivity contribution is 6.05. The first-order chi connectivity index (χ1) is 13.2. The second-order valence-electron chi connectivity index (χ2n) is 7.49. The molecule has 0 aliphatic carbocycles. The lowest BCUT2D eigenvalue weighted by molar-refractivity contribution is 0.102. The number of carbonyl (C=O) groups is 1. The summed E-state index contributed by atoms with van der Waals surface area (Å²) in [6, 6.07) is 8.06. The van der Waals surface area contributed by atoms with Crippen molar-refractivity contribution in [2.45, 2.75) is 39.5 Å². The van der Waals surface area contributed by atoms with Crippen LogP contribution >= 0.6 is 0 Å². The molecular formula is C20H23N5O3. The number of hydrogen-bond acceptors (Lipinski definition) is 5. The van der Waals surface area contributed by atoms with Gasteiger partial charge in [-0.05, 0) is 35.6 Å². The molecule has 2 aromatic heterocycles. The molecule has 1 amide bonds. The molecule has 0 aliphatic rings. The van der Waals surface area contributed by atoms with Crippen molar-refractivity contribution in [3.05, 3.63) is 63.7 Å². The summed E-state index contributed by atoms with van der Waals surface area (Å²) in [5.41, 5.74) is 1.90. The Hall–Kier alpha value is -3.42. The van der Waals surface area contributed by atoms with E-state index in [1.54, 1.807) is 12.1 Å². The van der Waals surface area contributed by atoms with Gasteiger partial charge in [-0.2, -0.15) is 10.2 Å². The smallest absolute Gasteiger partial charge is 0.264 e. The zero-order valence-electron chi connectivity index (χ0n) is 16.3. The van der Waals surface area contributed by atoms with Crippen LogP contribution in [0, 0.1) is 0 Å². The summed E-state index contributed by atoms with van der Waals surface area (Å²) in [5, 5.41) is 23.5. The number of aromatic nitrogens is 4. The molecule has 2 heterocycles. The molecule has 3 rings (SSSR count). The zero-order valence-corrected chi connectivity index (χ0v) is 16.3. The number of carbonyl (C=O) groups excluding carboxylic acids is 1. The standard InChI is InChI=1S/C20H23N5O3/c1-5-15-13(11-21-25(15)17-8-9-18(27)24-23-17)19(28)22-14-10-12(20(2,3)4)6-7-16(14)26/h6-11,26H,5H2,1-4H3,(H,22,28)(H,24,27). The van der Waals surface area contributed by atoms with Gasteiger partial charge in [0.05, 0.1) is 23.1 Å². The van der Waals surface area contributed by atoms with E-state index in [1.807, 2.05) is 13.0 Å². The molecule has 0 atom stereocenters. The number of rotatable bonds is 4. The summed E-state index contributed by atoms with van der Waals surface area (Å²) >= 11 is 0. The maximum absolute atomic E-state index is 12.9. The molecule has 3 aromatic rings. The molecule has 0 spiro atoms. The molecular weight excluding hydrogens is 358 g/mol. The molecule has 8 heteroatoms. The lowest BCUT2D eigenvalue weighted by atomic mass is 9.87. The fraction of sp³-hybridized carbons (Fsp3) is 0.300. The number of nitrogens with zero attached hydrogens (tertiary/aromatic N) is 3. The van der Waals surface area contributed by atoms with Gasteiger partial charge in [-0.3, -0.25) is 9.59 Å². The van der Waals surface area contributed by atoms with E-state index in [1.165, 1.54) is 23.0 Å². The molecule has 0 unspecified atom stereocenters. The lowest BCUT2D eigenvalue weighted by Crippen LogP contribution is -2.17. The molecule has 0 bridgehead atoms. The van der Waals surface area contributed by atoms with Crippen LogP contribution in [0.4, 0.5) is 5.69 Å². The fourth-order valence-corrected chi connectivity index (χ4v) is 2.85. The monoisotopic (exact) mass is 381 g/mol. The number of anilines is 1. The van der Waals surface area contributed by atoms with Crippen molar-refractivity contribution in [2.75, 3.05) is 5.32 Å².